The number of aliphatic hydroxyl groups is 1. The summed E-state index contributed by atoms with van der Waals surface area (Å²) >= 11 is 1.61. The number of hydrogen-bond donors (Lipinski definition) is 2. The standard InChI is InChI=1S/C23H31N3O3S/c1-14(23(3,4)5)22(29)26-12-18(27)10-19(26)21(28)24-11-16-6-8-17(9-7-16)20-15(2)25-13-30-20/h6-9,13-14,18-19,27H,10-12H2,1-5H3,(H,24,28)/t14-,18+,19?/m1/s1. The number of rotatable bonds is 5. The van der Waals surface area contributed by atoms with Crippen molar-refractivity contribution in [1.82, 2.24) is 15.2 Å². The molecule has 3 atom stereocenters. The first-order valence-corrected chi connectivity index (χ1v) is 11.2. The van der Waals surface area contributed by atoms with Crippen molar-refractivity contribution >= 4 is 23.2 Å². The van der Waals surface area contributed by atoms with E-state index in [1.165, 1.54) is 0 Å². The predicted octanol–water partition coefficient (Wildman–Crippen LogP) is 3.38. The zero-order valence-corrected chi connectivity index (χ0v) is 19.1. The zero-order valence-electron chi connectivity index (χ0n) is 18.3. The molecular weight excluding hydrogens is 398 g/mol. The number of carbonyl (C=O) groups is 2. The number of aliphatic hydroxyl groups excluding tert-OH is 1. The summed E-state index contributed by atoms with van der Waals surface area (Å²) in [5.74, 6) is -0.535. The molecule has 1 aromatic heterocycles. The lowest BCUT2D eigenvalue weighted by Gasteiger charge is -2.32. The Labute approximate surface area is 182 Å². The van der Waals surface area contributed by atoms with E-state index in [-0.39, 0.29) is 36.1 Å². The Bertz CT molecular complexity index is 901. The molecule has 0 radical (unpaired) electrons. The van der Waals surface area contributed by atoms with Crippen LogP contribution in [0.1, 0.15) is 45.4 Å². The molecule has 3 rings (SSSR count). The third-order valence-electron chi connectivity index (χ3n) is 5.96. The average Bonchev–Trinajstić information content (AvgIpc) is 3.30. The molecular formula is C23H31N3O3S. The smallest absolute Gasteiger partial charge is 0.243 e. The molecule has 1 fully saturated rings. The zero-order chi connectivity index (χ0) is 22.1. The first-order valence-electron chi connectivity index (χ1n) is 10.3. The summed E-state index contributed by atoms with van der Waals surface area (Å²) in [6.07, 6.45) is -0.392. The Morgan fingerprint density at radius 3 is 2.53 bits per heavy atom. The van der Waals surface area contributed by atoms with Crippen molar-refractivity contribution in [1.29, 1.82) is 0 Å². The Balaban J connectivity index is 1.63. The van der Waals surface area contributed by atoms with Crippen LogP contribution >= 0.6 is 11.3 Å². The molecule has 2 aromatic rings. The van der Waals surface area contributed by atoms with Crippen molar-refractivity contribution in [3.05, 3.63) is 41.0 Å². The van der Waals surface area contributed by atoms with Gasteiger partial charge in [-0.05, 0) is 23.5 Å². The molecule has 2 amide bonds. The van der Waals surface area contributed by atoms with Gasteiger partial charge in [-0.1, -0.05) is 52.0 Å². The highest BCUT2D eigenvalue weighted by Gasteiger charge is 2.42. The summed E-state index contributed by atoms with van der Waals surface area (Å²) < 4.78 is 0. The van der Waals surface area contributed by atoms with Gasteiger partial charge in [0.05, 0.1) is 22.2 Å². The summed E-state index contributed by atoms with van der Waals surface area (Å²) in [5, 5.41) is 13.0. The van der Waals surface area contributed by atoms with Crippen LogP contribution in [-0.2, 0) is 16.1 Å². The van der Waals surface area contributed by atoms with Crippen LogP contribution in [0.5, 0.6) is 0 Å². The van der Waals surface area contributed by atoms with Crippen LogP contribution in [0.2, 0.25) is 0 Å². The van der Waals surface area contributed by atoms with Crippen molar-refractivity contribution < 1.29 is 14.7 Å². The van der Waals surface area contributed by atoms with E-state index in [1.54, 1.807) is 16.2 Å². The molecule has 1 saturated heterocycles. The van der Waals surface area contributed by atoms with Gasteiger partial charge in [0, 0.05) is 25.4 Å². The molecule has 6 nitrogen and oxygen atoms in total. The average molecular weight is 430 g/mol. The van der Waals surface area contributed by atoms with Crippen LogP contribution in [0, 0.1) is 18.3 Å². The Morgan fingerprint density at radius 2 is 1.97 bits per heavy atom. The SMILES string of the molecule is Cc1ncsc1-c1ccc(CNC(=O)C2C[C@H](O)CN2C(=O)[C@@H](C)C(C)(C)C)cc1. The fourth-order valence-electron chi connectivity index (χ4n) is 3.58. The molecule has 0 saturated carbocycles. The van der Waals surface area contributed by atoms with E-state index in [1.807, 2.05) is 64.4 Å². The molecule has 7 heteroatoms. The number of aromatic nitrogens is 1. The van der Waals surface area contributed by atoms with Gasteiger partial charge in [0.15, 0.2) is 0 Å². The Hall–Kier alpha value is -2.25. The van der Waals surface area contributed by atoms with E-state index in [4.69, 9.17) is 0 Å². The number of amides is 2. The number of nitrogens with one attached hydrogen (secondary N) is 1. The molecule has 30 heavy (non-hydrogen) atoms. The van der Waals surface area contributed by atoms with Crippen molar-refractivity contribution in [2.24, 2.45) is 11.3 Å². The molecule has 1 unspecified atom stereocenters. The van der Waals surface area contributed by atoms with Crippen LogP contribution in [-0.4, -0.2) is 45.5 Å². The van der Waals surface area contributed by atoms with Crippen molar-refractivity contribution in [2.45, 2.75) is 59.7 Å². The van der Waals surface area contributed by atoms with Crippen molar-refractivity contribution in [3.8, 4) is 10.4 Å². The second-order valence-corrected chi connectivity index (χ2v) is 10.0. The lowest BCUT2D eigenvalue weighted by molar-refractivity contribution is -0.144. The normalized spacial score (nSPS) is 20.3. The third-order valence-corrected chi connectivity index (χ3v) is 6.94. The second-order valence-electron chi connectivity index (χ2n) is 9.17. The Morgan fingerprint density at radius 1 is 1.30 bits per heavy atom. The van der Waals surface area contributed by atoms with Crippen molar-refractivity contribution in [2.75, 3.05) is 6.54 Å². The van der Waals surface area contributed by atoms with E-state index in [0.717, 1.165) is 21.7 Å². The summed E-state index contributed by atoms with van der Waals surface area (Å²) in [6, 6.07) is 7.41. The van der Waals surface area contributed by atoms with E-state index >= 15 is 0 Å². The maximum absolute atomic E-state index is 12.9. The fraction of sp³-hybridized carbons (Fsp3) is 0.522. The first-order chi connectivity index (χ1) is 14.1. The molecule has 0 bridgehead atoms. The monoisotopic (exact) mass is 429 g/mol. The second kappa shape index (κ2) is 8.86. The maximum Gasteiger partial charge on any atom is 0.243 e. The number of likely N-dealkylation sites (tertiary alicyclic amines) is 1. The van der Waals surface area contributed by atoms with Gasteiger partial charge in [0.25, 0.3) is 0 Å². The first kappa shape index (κ1) is 22.4. The highest BCUT2D eigenvalue weighted by atomic mass is 32.1. The fourth-order valence-corrected chi connectivity index (χ4v) is 4.40. The number of thiazole rings is 1. The van der Waals surface area contributed by atoms with E-state index in [0.29, 0.717) is 6.54 Å². The summed E-state index contributed by atoms with van der Waals surface area (Å²) in [7, 11) is 0. The quantitative estimate of drug-likeness (QED) is 0.763. The number of carbonyl (C=O) groups excluding carboxylic acids is 2. The Kier molecular flexibility index (Phi) is 6.62. The minimum Gasteiger partial charge on any atom is -0.391 e. The van der Waals surface area contributed by atoms with Gasteiger partial charge in [-0.15, -0.1) is 11.3 Å². The van der Waals surface area contributed by atoms with Crippen LogP contribution in [0.4, 0.5) is 0 Å². The lowest BCUT2D eigenvalue weighted by Crippen LogP contribution is -2.49. The highest BCUT2D eigenvalue weighted by molar-refractivity contribution is 7.13. The minimum atomic E-state index is -0.668. The summed E-state index contributed by atoms with van der Waals surface area (Å²) in [6.45, 7) is 10.5. The van der Waals surface area contributed by atoms with E-state index in [2.05, 4.69) is 10.3 Å². The molecule has 1 aliphatic heterocycles. The predicted molar refractivity (Wildman–Crippen MR) is 119 cm³/mol. The lowest BCUT2D eigenvalue weighted by atomic mass is 9.81. The highest BCUT2D eigenvalue weighted by Crippen LogP contribution is 2.30. The van der Waals surface area contributed by atoms with Crippen LogP contribution in [0.25, 0.3) is 10.4 Å². The van der Waals surface area contributed by atoms with Crippen LogP contribution < -0.4 is 5.32 Å². The molecule has 1 aromatic carbocycles. The van der Waals surface area contributed by atoms with Gasteiger partial charge in [0.1, 0.15) is 6.04 Å². The number of β-amino-alcohol motifs (C(OH)–C–C–N with tert-alkyl or cyclic N) is 1. The molecule has 2 N–H and O–H groups in total. The van der Waals surface area contributed by atoms with E-state index in [9.17, 15) is 14.7 Å². The van der Waals surface area contributed by atoms with Gasteiger partial charge >= 0.3 is 0 Å². The molecule has 0 aliphatic carbocycles. The number of hydrogen-bond acceptors (Lipinski definition) is 5. The molecule has 2 heterocycles. The maximum atomic E-state index is 12.9. The summed E-state index contributed by atoms with van der Waals surface area (Å²) in [5.41, 5.74) is 4.73. The third kappa shape index (κ3) is 4.90. The number of aryl methyl sites for hydroxylation is 1. The minimum absolute atomic E-state index is 0.0801. The van der Waals surface area contributed by atoms with Crippen LogP contribution in [0.3, 0.4) is 0 Å². The van der Waals surface area contributed by atoms with Gasteiger partial charge in [-0.3, -0.25) is 9.59 Å². The van der Waals surface area contributed by atoms with Crippen LogP contribution in [0.15, 0.2) is 29.8 Å². The molecule has 0 spiro atoms. The van der Waals surface area contributed by atoms with Gasteiger partial charge in [0.2, 0.25) is 11.8 Å². The van der Waals surface area contributed by atoms with Gasteiger partial charge in [-0.25, -0.2) is 4.98 Å². The molecule has 162 valence electrons. The van der Waals surface area contributed by atoms with E-state index < -0.39 is 12.1 Å². The topological polar surface area (TPSA) is 82.5 Å². The molecule has 1 aliphatic rings. The number of benzene rings is 1. The van der Waals surface area contributed by atoms with Gasteiger partial charge < -0.3 is 15.3 Å². The van der Waals surface area contributed by atoms with Crippen molar-refractivity contribution in [3.63, 3.8) is 0 Å². The summed E-state index contributed by atoms with van der Waals surface area (Å²) in [4.78, 5) is 32.7. The van der Waals surface area contributed by atoms with Gasteiger partial charge in [-0.2, -0.15) is 0 Å². The largest absolute Gasteiger partial charge is 0.391 e. The number of nitrogens with zero attached hydrogens (tertiary/aromatic N) is 2.